The van der Waals surface area contributed by atoms with Crippen LogP contribution in [0, 0.1) is 103 Å². The van der Waals surface area contributed by atoms with Crippen LogP contribution in [0.4, 0.5) is 57.1 Å². The molecule has 0 N–H and O–H groups in total. The summed E-state index contributed by atoms with van der Waals surface area (Å²) in [5, 5.41) is 0.746. The van der Waals surface area contributed by atoms with Crippen molar-refractivity contribution in [1.29, 1.82) is 0 Å². The Balaban J connectivity index is 0.000000146. The Morgan fingerprint density at radius 3 is 1.28 bits per heavy atom. The van der Waals surface area contributed by atoms with Crippen molar-refractivity contribution in [1.82, 2.24) is 19.3 Å². The first-order valence-electron chi connectivity index (χ1n) is 30.1. The second-order valence-corrected chi connectivity index (χ2v) is 22.8. The van der Waals surface area contributed by atoms with Crippen LogP contribution in [0.25, 0.3) is 78.4 Å². The summed E-state index contributed by atoms with van der Waals surface area (Å²) in [4.78, 5) is 19.6. The predicted molar refractivity (Wildman–Crippen MR) is 355 cm³/mol. The van der Waals surface area contributed by atoms with Crippen molar-refractivity contribution in [3.8, 4) is 78.4 Å². The molecule has 502 valence electrons. The molecule has 0 spiro atoms. The highest BCUT2D eigenvalue weighted by atomic mass is 35.5. The molecule has 0 aliphatic carbocycles. The molecule has 0 atom stereocenters. The number of rotatable bonds is 9. The molecular weight excluding hydrogens is 1320 g/mol. The smallest absolute Gasteiger partial charge is 0.214 e. The Hall–Kier alpha value is -11.3. The molecule has 4 heterocycles. The first-order valence-corrected chi connectivity index (χ1v) is 30.5. The summed E-state index contributed by atoms with van der Waals surface area (Å²) in [7, 11) is 3.90. The summed E-state index contributed by atoms with van der Waals surface area (Å²) in [5.74, 6) is -21.9. The number of aromatic nitrogens is 6. The molecule has 9 aromatic carbocycles. The minimum absolute atomic E-state index is 0.0432. The molecule has 4 aromatic heterocycles. The Labute approximate surface area is 566 Å². The van der Waals surface area contributed by atoms with Crippen molar-refractivity contribution in [3.63, 3.8) is 0 Å². The zero-order valence-corrected chi connectivity index (χ0v) is 54.5. The van der Waals surface area contributed by atoms with Gasteiger partial charge >= 0.3 is 0 Å². The Kier molecular flexibility index (Phi) is 23.1. The van der Waals surface area contributed by atoms with Crippen LogP contribution in [-0.4, -0.2) is 25.1 Å². The summed E-state index contributed by atoms with van der Waals surface area (Å²) in [5.41, 5.74) is 7.24. The number of nitrogens with zero attached hydrogens (tertiary/aromatic N) is 6. The second-order valence-electron chi connectivity index (χ2n) is 22.3. The molecule has 0 amide bonds. The van der Waals surface area contributed by atoms with E-state index in [0.717, 1.165) is 45.6 Å². The number of aryl methyl sites for hydroxylation is 4. The van der Waals surface area contributed by atoms with E-state index in [4.69, 9.17) is 11.6 Å². The third-order valence-corrected chi connectivity index (χ3v) is 15.9. The molecule has 13 rings (SSSR count). The number of Topliss-reactive ketones (excluding diaryl/α,β-unsaturated/α-hetero) is 1. The van der Waals surface area contributed by atoms with Crippen LogP contribution >= 0.6 is 11.6 Å². The largest absolute Gasteiger partial charge is 0.294 e. The molecule has 0 aliphatic rings. The van der Waals surface area contributed by atoms with Gasteiger partial charge in [0.2, 0.25) is 18.2 Å². The SMILES string of the molecule is CC(=O)c1cn(-c2ccccc2C)[n+](C)c1.Cc1c(F)c(F)c(F)c(-c2ccc(-c3ccccc3)nc2)c1F.Cc1c(F)c(F)c(F)c(F)c1-c1ccc(-c2ccccn2)cc1.Cc1ccccc1-n1cc(Cl)c[n+]1C.Fc1c(F)c(F)c(-c2cccc(-c3ccccc3)c2)c(F)c1F. The fraction of sp³-hybridized carbons (Fsp3) is 0.0897. The fourth-order valence-corrected chi connectivity index (χ4v) is 10.6. The minimum Gasteiger partial charge on any atom is -0.294 e. The summed E-state index contributed by atoms with van der Waals surface area (Å²) in [6.45, 7) is 7.99. The van der Waals surface area contributed by atoms with E-state index in [2.05, 4.69) is 42.0 Å². The molecular formula is C78H58ClF13N6O+2. The van der Waals surface area contributed by atoms with Crippen LogP contribution in [0.1, 0.15) is 39.5 Å². The number of carbonyl (C=O) groups is 1. The van der Waals surface area contributed by atoms with Crippen molar-refractivity contribution < 1.29 is 71.2 Å². The summed E-state index contributed by atoms with van der Waals surface area (Å²) >= 11 is 5.93. The molecule has 0 aliphatic heterocycles. The van der Waals surface area contributed by atoms with Gasteiger partial charge in [-0.3, -0.25) is 14.8 Å². The zero-order valence-electron chi connectivity index (χ0n) is 53.7. The summed E-state index contributed by atoms with van der Waals surface area (Å²) in [6.07, 6.45) is 10.4. The molecule has 0 fully saturated rings. The number of ketones is 1. The number of halogens is 14. The molecule has 0 saturated heterocycles. The van der Waals surface area contributed by atoms with Crippen molar-refractivity contribution in [2.75, 3.05) is 0 Å². The topological polar surface area (TPSA) is 60.5 Å². The number of pyridine rings is 2. The molecule has 7 nitrogen and oxygen atoms in total. The van der Waals surface area contributed by atoms with Gasteiger partial charge in [0, 0.05) is 40.2 Å². The van der Waals surface area contributed by atoms with Crippen LogP contribution in [0.2, 0.25) is 5.02 Å². The maximum atomic E-state index is 14.1. The highest BCUT2D eigenvalue weighted by Crippen LogP contribution is 2.37. The van der Waals surface area contributed by atoms with E-state index in [-0.39, 0.29) is 33.6 Å². The standard InChI is InChI=1S/C18H9F5.2C18H11F4N.C13H15N2O.C11H12ClN2/c19-14-13(15(20)17(22)18(23)16(14)21)12-8-4-7-11(9-12)10-5-2-1-3-6-10;1-10-14(16(20)18(22)17(21)15(10)19)12-7-5-11(6-8-12)13-4-2-3-9-23-13;1-10-15(19)14(17(21)18(22)16(10)20)12-7-8-13(23-9-12)11-5-3-2-4-6-11;1-10-6-4-5-7-13(10)15-9-12(11(2)16)8-14(15)3;1-9-5-3-4-6-11(9)14-8-10(12)7-13(14)2/h1-9H;2*2-9H,1H3;4-9H,1-3H3;3-8H,1-2H3/q;;;2*+1. The van der Waals surface area contributed by atoms with Gasteiger partial charge in [0.1, 0.15) is 27.8 Å². The number of para-hydroxylation sites is 2. The molecule has 0 saturated carbocycles. The molecule has 99 heavy (non-hydrogen) atoms. The Morgan fingerprint density at radius 1 is 0.364 bits per heavy atom. The van der Waals surface area contributed by atoms with Crippen molar-refractivity contribution >= 4 is 17.4 Å². The normalized spacial score (nSPS) is 10.7. The van der Waals surface area contributed by atoms with Gasteiger partial charge in [0.25, 0.3) is 0 Å². The third-order valence-electron chi connectivity index (χ3n) is 15.7. The lowest BCUT2D eigenvalue weighted by Crippen LogP contribution is -2.37. The van der Waals surface area contributed by atoms with Crippen LogP contribution in [0.15, 0.2) is 225 Å². The lowest BCUT2D eigenvalue weighted by Gasteiger charge is -2.11. The molecule has 0 bridgehead atoms. The monoisotopic (exact) mass is 1380 g/mol. The van der Waals surface area contributed by atoms with Gasteiger partial charge in [-0.2, -0.15) is 0 Å². The van der Waals surface area contributed by atoms with E-state index in [9.17, 15) is 61.9 Å². The van der Waals surface area contributed by atoms with Gasteiger partial charge in [0.05, 0.1) is 34.9 Å². The van der Waals surface area contributed by atoms with E-state index in [1.807, 2.05) is 124 Å². The summed E-state index contributed by atoms with van der Waals surface area (Å²) < 4.78 is 185. The lowest BCUT2D eigenvalue weighted by molar-refractivity contribution is -0.744. The molecule has 0 radical (unpaired) electrons. The van der Waals surface area contributed by atoms with Gasteiger partial charge in [-0.25, -0.2) is 57.1 Å². The average Bonchev–Trinajstić information content (AvgIpc) is 1.71. The van der Waals surface area contributed by atoms with Crippen molar-refractivity contribution in [3.05, 3.63) is 334 Å². The number of hydrogen-bond acceptors (Lipinski definition) is 3. The number of benzene rings is 9. The van der Waals surface area contributed by atoms with E-state index < -0.39 is 92.3 Å². The van der Waals surface area contributed by atoms with Gasteiger partial charge < -0.3 is 0 Å². The maximum absolute atomic E-state index is 14.1. The number of hydrogen-bond donors (Lipinski definition) is 0. The molecule has 0 unspecified atom stereocenters. The molecule has 21 heteroatoms. The van der Waals surface area contributed by atoms with Crippen LogP contribution in [0.5, 0.6) is 0 Å². The zero-order chi connectivity index (χ0) is 71.5. The quantitative estimate of drug-likeness (QED) is 0.0476. The Morgan fingerprint density at radius 2 is 0.778 bits per heavy atom. The third kappa shape index (κ3) is 16.1. The summed E-state index contributed by atoms with van der Waals surface area (Å²) in [6, 6.07) is 55.1. The Bertz CT molecular complexity index is 4820. The van der Waals surface area contributed by atoms with Gasteiger partial charge in [0.15, 0.2) is 83.9 Å². The van der Waals surface area contributed by atoms with Crippen LogP contribution in [-0.2, 0) is 14.1 Å². The highest BCUT2D eigenvalue weighted by molar-refractivity contribution is 6.30. The van der Waals surface area contributed by atoms with Gasteiger partial charge in [-0.05, 0) is 110 Å². The van der Waals surface area contributed by atoms with E-state index in [1.165, 1.54) is 60.6 Å². The van der Waals surface area contributed by atoms with E-state index in [0.29, 0.717) is 17.0 Å². The minimum atomic E-state index is -2.16. The lowest BCUT2D eigenvalue weighted by atomic mass is 9.97. The molecule has 13 aromatic rings. The van der Waals surface area contributed by atoms with Crippen LogP contribution in [0.3, 0.4) is 0 Å². The highest BCUT2D eigenvalue weighted by Gasteiger charge is 2.28. The second kappa shape index (κ2) is 31.7. The number of carbonyl (C=O) groups excluding carboxylic acids is 1. The van der Waals surface area contributed by atoms with Gasteiger partial charge in [-0.15, -0.1) is 18.7 Å². The predicted octanol–water partition coefficient (Wildman–Crippen LogP) is 20.4. The average molecular weight is 1380 g/mol. The van der Waals surface area contributed by atoms with E-state index in [1.54, 1.807) is 79.9 Å². The van der Waals surface area contributed by atoms with E-state index >= 15 is 0 Å². The van der Waals surface area contributed by atoms with Crippen molar-refractivity contribution in [2.45, 2.75) is 34.6 Å². The van der Waals surface area contributed by atoms with Crippen LogP contribution < -0.4 is 9.36 Å². The van der Waals surface area contributed by atoms with Gasteiger partial charge in [-0.1, -0.05) is 163 Å². The maximum Gasteiger partial charge on any atom is 0.214 e. The fourth-order valence-electron chi connectivity index (χ4n) is 10.4. The first kappa shape index (κ1) is 72.0. The first-order chi connectivity index (χ1) is 47.3. The van der Waals surface area contributed by atoms with Crippen molar-refractivity contribution in [2.24, 2.45) is 14.1 Å².